The summed E-state index contributed by atoms with van der Waals surface area (Å²) >= 11 is 0. The van der Waals surface area contributed by atoms with Gasteiger partial charge in [0, 0.05) is 43.6 Å². The summed E-state index contributed by atoms with van der Waals surface area (Å²) in [4.78, 5) is 18.4. The molecule has 5 nitrogen and oxygen atoms in total. The smallest absolute Gasteiger partial charge is 0.315 e. The van der Waals surface area contributed by atoms with E-state index >= 15 is 0 Å². The maximum Gasteiger partial charge on any atom is 0.315 e. The van der Waals surface area contributed by atoms with E-state index in [1.165, 1.54) is 0 Å². The highest BCUT2D eigenvalue weighted by atomic mass is 16.2. The van der Waals surface area contributed by atoms with Crippen LogP contribution in [0, 0.1) is 0 Å². The van der Waals surface area contributed by atoms with Gasteiger partial charge in [-0.25, -0.2) is 4.79 Å². The van der Waals surface area contributed by atoms with Crippen molar-refractivity contribution in [3.63, 3.8) is 0 Å². The second-order valence-electron chi connectivity index (χ2n) is 6.29. The second-order valence-corrected chi connectivity index (χ2v) is 6.29. The molecule has 0 aromatic carbocycles. The highest BCUT2D eigenvalue weighted by Gasteiger charge is 2.32. The number of hydrogen-bond acceptors (Lipinski definition) is 3. The number of hydrogen-bond donors (Lipinski definition) is 2. The molecule has 1 aliphatic rings. The van der Waals surface area contributed by atoms with E-state index in [0.717, 1.165) is 31.5 Å². The number of carbonyl (C=O) groups excluding carboxylic acids is 1. The average Bonchev–Trinajstić information content (AvgIpc) is 2.95. The number of nitrogens with zero attached hydrogens (tertiary/aromatic N) is 2. The lowest BCUT2D eigenvalue weighted by molar-refractivity contribution is 0.146. The van der Waals surface area contributed by atoms with Crippen molar-refractivity contribution in [1.29, 1.82) is 0 Å². The van der Waals surface area contributed by atoms with Crippen molar-refractivity contribution in [2.75, 3.05) is 13.1 Å². The van der Waals surface area contributed by atoms with E-state index in [1.54, 1.807) is 12.4 Å². The number of aromatic nitrogens is 1. The van der Waals surface area contributed by atoms with Crippen molar-refractivity contribution in [2.45, 2.75) is 51.7 Å². The minimum atomic E-state index is -0.0972. The van der Waals surface area contributed by atoms with Crippen molar-refractivity contribution < 1.29 is 4.79 Å². The van der Waals surface area contributed by atoms with Crippen molar-refractivity contribution in [2.24, 2.45) is 0 Å². The third-order valence-corrected chi connectivity index (χ3v) is 4.42. The fourth-order valence-corrected chi connectivity index (χ4v) is 2.57. The first-order chi connectivity index (χ1) is 10.0. The summed E-state index contributed by atoms with van der Waals surface area (Å²) in [5.41, 5.74) is 1.22. The summed E-state index contributed by atoms with van der Waals surface area (Å²) in [6, 6.07) is 3.97. The fourth-order valence-electron chi connectivity index (χ4n) is 2.57. The van der Waals surface area contributed by atoms with E-state index in [2.05, 4.69) is 41.3 Å². The molecule has 2 heterocycles. The van der Waals surface area contributed by atoms with Crippen LogP contribution in [0.1, 0.15) is 39.2 Å². The topological polar surface area (TPSA) is 57.3 Å². The van der Waals surface area contributed by atoms with Crippen LogP contribution >= 0.6 is 0 Å². The molecule has 21 heavy (non-hydrogen) atoms. The molecule has 1 aliphatic heterocycles. The summed E-state index contributed by atoms with van der Waals surface area (Å²) in [6.07, 6.45) is 5.63. The van der Waals surface area contributed by atoms with E-state index in [0.29, 0.717) is 6.54 Å². The van der Waals surface area contributed by atoms with Gasteiger partial charge in [0.1, 0.15) is 0 Å². The van der Waals surface area contributed by atoms with Gasteiger partial charge in [0.25, 0.3) is 0 Å². The van der Waals surface area contributed by atoms with Gasteiger partial charge in [0.15, 0.2) is 0 Å². The van der Waals surface area contributed by atoms with E-state index in [4.69, 9.17) is 0 Å². The molecule has 2 rings (SSSR count). The number of likely N-dealkylation sites (tertiary alicyclic amines) is 1. The quantitative estimate of drug-likeness (QED) is 0.873. The molecule has 0 spiro atoms. The van der Waals surface area contributed by atoms with Gasteiger partial charge in [-0.05, 0) is 38.3 Å². The normalized spacial score (nSPS) is 19.5. The molecule has 0 unspecified atom stereocenters. The Kier molecular flexibility index (Phi) is 5.17. The number of amides is 2. The lowest BCUT2D eigenvalue weighted by Gasteiger charge is -2.34. The van der Waals surface area contributed by atoms with Gasteiger partial charge in [0.2, 0.25) is 0 Å². The van der Waals surface area contributed by atoms with E-state index in [9.17, 15) is 4.79 Å². The Balaban J connectivity index is 1.74. The Morgan fingerprint density at radius 3 is 3.00 bits per heavy atom. The molecular weight excluding hydrogens is 264 g/mol. The Labute approximate surface area is 127 Å². The summed E-state index contributed by atoms with van der Waals surface area (Å²) in [5.74, 6) is 0. The number of rotatable bonds is 5. The standard InChI is InChI=1S/C16H26N4O/c1-4-16(2,3)20-9-7-14(12-20)19-15(21)18-11-13-6-5-8-17-10-13/h5-6,8,10,14H,4,7,9,11-12H2,1-3H3,(H2,18,19,21)/t14-/m0/s1. The SMILES string of the molecule is CCC(C)(C)N1CC[C@H](NC(=O)NCc2cccnc2)C1. The zero-order chi connectivity index (χ0) is 15.3. The third-order valence-electron chi connectivity index (χ3n) is 4.42. The van der Waals surface area contributed by atoms with Crippen LogP contribution < -0.4 is 10.6 Å². The molecule has 1 fully saturated rings. The minimum absolute atomic E-state index is 0.0972. The fraction of sp³-hybridized carbons (Fsp3) is 0.625. The Bertz CT molecular complexity index is 461. The molecule has 116 valence electrons. The van der Waals surface area contributed by atoms with Crippen molar-refractivity contribution in [3.8, 4) is 0 Å². The third kappa shape index (κ3) is 4.43. The van der Waals surface area contributed by atoms with Crippen molar-refractivity contribution in [3.05, 3.63) is 30.1 Å². The summed E-state index contributed by atoms with van der Waals surface area (Å²) in [7, 11) is 0. The average molecular weight is 290 g/mol. The summed E-state index contributed by atoms with van der Waals surface area (Å²) in [6.45, 7) is 9.23. The lowest BCUT2D eigenvalue weighted by atomic mass is 10.0. The second kappa shape index (κ2) is 6.89. The van der Waals surface area contributed by atoms with Gasteiger partial charge >= 0.3 is 6.03 Å². The predicted molar refractivity (Wildman–Crippen MR) is 84.0 cm³/mol. The Morgan fingerprint density at radius 1 is 1.52 bits per heavy atom. The highest BCUT2D eigenvalue weighted by Crippen LogP contribution is 2.23. The predicted octanol–water partition coefficient (Wildman–Crippen LogP) is 2.14. The zero-order valence-corrected chi connectivity index (χ0v) is 13.2. The molecule has 1 aromatic heterocycles. The Hall–Kier alpha value is -1.62. The van der Waals surface area contributed by atoms with Crippen LogP contribution in [0.25, 0.3) is 0 Å². The van der Waals surface area contributed by atoms with Crippen LogP contribution in [0.15, 0.2) is 24.5 Å². The molecule has 0 radical (unpaired) electrons. The van der Waals surface area contributed by atoms with E-state index in [1.807, 2.05) is 12.1 Å². The van der Waals surface area contributed by atoms with Crippen LogP contribution in [0.4, 0.5) is 4.79 Å². The molecule has 1 atom stereocenters. The molecule has 0 bridgehead atoms. The molecule has 1 aromatic rings. The molecule has 2 N–H and O–H groups in total. The molecule has 5 heteroatoms. The highest BCUT2D eigenvalue weighted by molar-refractivity contribution is 5.74. The van der Waals surface area contributed by atoms with Gasteiger partial charge in [-0.3, -0.25) is 9.88 Å². The zero-order valence-electron chi connectivity index (χ0n) is 13.2. The molecule has 0 aliphatic carbocycles. The molecule has 1 saturated heterocycles. The van der Waals surface area contributed by atoms with Crippen molar-refractivity contribution >= 4 is 6.03 Å². The monoisotopic (exact) mass is 290 g/mol. The number of urea groups is 1. The molecule has 2 amide bonds. The van der Waals surface area contributed by atoms with Crippen LogP contribution in [0.2, 0.25) is 0 Å². The van der Waals surface area contributed by atoms with Gasteiger partial charge in [-0.15, -0.1) is 0 Å². The van der Waals surface area contributed by atoms with Gasteiger partial charge in [0.05, 0.1) is 0 Å². The van der Waals surface area contributed by atoms with E-state index in [-0.39, 0.29) is 17.6 Å². The van der Waals surface area contributed by atoms with Gasteiger partial charge in [-0.1, -0.05) is 13.0 Å². The number of pyridine rings is 1. The lowest BCUT2D eigenvalue weighted by Crippen LogP contribution is -2.46. The van der Waals surface area contributed by atoms with Crippen molar-refractivity contribution in [1.82, 2.24) is 20.5 Å². The summed E-state index contributed by atoms with van der Waals surface area (Å²) < 4.78 is 0. The van der Waals surface area contributed by atoms with Crippen LogP contribution in [-0.4, -0.2) is 40.6 Å². The first-order valence-corrected chi connectivity index (χ1v) is 7.69. The van der Waals surface area contributed by atoms with Gasteiger partial charge < -0.3 is 10.6 Å². The van der Waals surface area contributed by atoms with E-state index < -0.39 is 0 Å². The largest absolute Gasteiger partial charge is 0.334 e. The minimum Gasteiger partial charge on any atom is -0.334 e. The van der Waals surface area contributed by atoms with Crippen LogP contribution in [0.3, 0.4) is 0 Å². The first-order valence-electron chi connectivity index (χ1n) is 7.69. The van der Waals surface area contributed by atoms with Crippen LogP contribution in [-0.2, 0) is 6.54 Å². The first kappa shape index (κ1) is 15.8. The van der Waals surface area contributed by atoms with Crippen LogP contribution in [0.5, 0.6) is 0 Å². The molecular formula is C16H26N4O. The summed E-state index contributed by atoms with van der Waals surface area (Å²) in [5, 5.41) is 5.95. The maximum atomic E-state index is 11.9. The molecule has 0 saturated carbocycles. The van der Waals surface area contributed by atoms with Gasteiger partial charge in [-0.2, -0.15) is 0 Å². The maximum absolute atomic E-state index is 11.9. The number of carbonyl (C=O) groups is 1. The number of nitrogens with one attached hydrogen (secondary N) is 2. The Morgan fingerprint density at radius 2 is 2.33 bits per heavy atom.